The molecule has 1 unspecified atom stereocenters. The van der Waals surface area contributed by atoms with Gasteiger partial charge in [-0.3, -0.25) is 0 Å². The van der Waals surface area contributed by atoms with Crippen molar-refractivity contribution in [3.63, 3.8) is 0 Å². The molecule has 5 heteroatoms. The number of hydrogen-bond acceptors (Lipinski definition) is 4. The molecule has 0 aliphatic rings. The molecule has 0 bridgehead atoms. The van der Waals surface area contributed by atoms with Gasteiger partial charge in [0.15, 0.2) is 9.84 Å². The number of sulfone groups is 1. The first-order chi connectivity index (χ1) is 8.03. The molecule has 96 valence electrons. The van der Waals surface area contributed by atoms with Gasteiger partial charge < -0.3 is 9.84 Å². The van der Waals surface area contributed by atoms with Crippen LogP contribution in [0.4, 0.5) is 0 Å². The van der Waals surface area contributed by atoms with Gasteiger partial charge in [-0.15, -0.1) is 0 Å². The lowest BCUT2D eigenvalue weighted by molar-refractivity contribution is 0.0542. The summed E-state index contributed by atoms with van der Waals surface area (Å²) >= 11 is 0. The van der Waals surface area contributed by atoms with E-state index in [0.717, 1.165) is 5.56 Å². The number of aliphatic hydroxyl groups excluding tert-OH is 1. The molecule has 1 atom stereocenters. The molecule has 0 saturated carbocycles. The maximum atomic E-state index is 11.8. The first-order valence-corrected chi connectivity index (χ1v) is 7.36. The SMILES string of the molecule is CCOCC(O)CS(=O)(=O)Cc1ccccc1. The molecule has 17 heavy (non-hydrogen) atoms. The van der Waals surface area contributed by atoms with E-state index in [1.807, 2.05) is 6.07 Å². The van der Waals surface area contributed by atoms with Crippen molar-refractivity contribution in [2.75, 3.05) is 19.0 Å². The molecule has 0 aliphatic heterocycles. The third-order valence-electron chi connectivity index (χ3n) is 2.19. The van der Waals surface area contributed by atoms with Gasteiger partial charge in [-0.05, 0) is 12.5 Å². The molecular formula is C12H18O4S. The normalized spacial score (nSPS) is 13.5. The lowest BCUT2D eigenvalue weighted by Gasteiger charge is -2.11. The Hall–Kier alpha value is -0.910. The first-order valence-electron chi connectivity index (χ1n) is 5.53. The fraction of sp³-hybridized carbons (Fsp3) is 0.500. The molecule has 0 fully saturated rings. The topological polar surface area (TPSA) is 63.6 Å². The molecule has 1 aromatic carbocycles. The maximum Gasteiger partial charge on any atom is 0.157 e. The van der Waals surface area contributed by atoms with E-state index in [0.29, 0.717) is 6.61 Å². The predicted molar refractivity (Wildman–Crippen MR) is 66.4 cm³/mol. The summed E-state index contributed by atoms with van der Waals surface area (Å²) in [5.41, 5.74) is 0.733. The standard InChI is InChI=1S/C12H18O4S/c1-2-16-8-12(13)10-17(14,15)9-11-6-4-3-5-7-11/h3-7,12-13H,2,8-10H2,1H3. The Balaban J connectivity index is 2.52. The van der Waals surface area contributed by atoms with Gasteiger partial charge in [0, 0.05) is 6.61 Å². The van der Waals surface area contributed by atoms with E-state index in [-0.39, 0.29) is 18.1 Å². The Morgan fingerprint density at radius 2 is 1.94 bits per heavy atom. The molecule has 4 nitrogen and oxygen atoms in total. The van der Waals surface area contributed by atoms with Crippen molar-refractivity contribution >= 4 is 9.84 Å². The highest BCUT2D eigenvalue weighted by atomic mass is 32.2. The van der Waals surface area contributed by atoms with Crippen LogP contribution in [0.15, 0.2) is 30.3 Å². The third-order valence-corrected chi connectivity index (χ3v) is 3.86. The number of rotatable bonds is 7. The molecule has 0 aromatic heterocycles. The average molecular weight is 258 g/mol. The predicted octanol–water partition coefficient (Wildman–Crippen LogP) is 0.999. The summed E-state index contributed by atoms with van der Waals surface area (Å²) in [6.07, 6.45) is -0.955. The van der Waals surface area contributed by atoms with E-state index >= 15 is 0 Å². The van der Waals surface area contributed by atoms with E-state index in [2.05, 4.69) is 0 Å². The Morgan fingerprint density at radius 1 is 1.29 bits per heavy atom. The van der Waals surface area contributed by atoms with Crippen LogP contribution in [0.3, 0.4) is 0 Å². The summed E-state index contributed by atoms with van der Waals surface area (Å²) < 4.78 is 28.5. The van der Waals surface area contributed by atoms with Crippen molar-refractivity contribution in [2.45, 2.75) is 18.8 Å². The van der Waals surface area contributed by atoms with E-state index in [1.54, 1.807) is 31.2 Å². The van der Waals surface area contributed by atoms with Crippen LogP contribution in [0, 0.1) is 0 Å². The van der Waals surface area contributed by atoms with Crippen molar-refractivity contribution in [1.82, 2.24) is 0 Å². The van der Waals surface area contributed by atoms with Crippen LogP contribution in [0.5, 0.6) is 0 Å². The zero-order chi connectivity index (χ0) is 12.7. The lowest BCUT2D eigenvalue weighted by atomic mass is 10.2. The second-order valence-electron chi connectivity index (χ2n) is 3.85. The molecule has 1 rings (SSSR count). The largest absolute Gasteiger partial charge is 0.390 e. The van der Waals surface area contributed by atoms with Crippen molar-refractivity contribution in [3.05, 3.63) is 35.9 Å². The van der Waals surface area contributed by atoms with Crippen LogP contribution in [-0.4, -0.2) is 38.6 Å². The van der Waals surface area contributed by atoms with E-state index in [1.165, 1.54) is 0 Å². The molecule has 0 aliphatic carbocycles. The van der Waals surface area contributed by atoms with Gasteiger partial charge in [0.1, 0.15) is 0 Å². The molecule has 0 amide bonds. The van der Waals surface area contributed by atoms with E-state index < -0.39 is 15.9 Å². The zero-order valence-electron chi connectivity index (χ0n) is 9.87. The second kappa shape index (κ2) is 6.74. The smallest absolute Gasteiger partial charge is 0.157 e. The fourth-order valence-electron chi connectivity index (χ4n) is 1.48. The summed E-state index contributed by atoms with van der Waals surface area (Å²) in [7, 11) is -3.29. The highest BCUT2D eigenvalue weighted by molar-refractivity contribution is 7.90. The Labute approximate surface area is 102 Å². The van der Waals surface area contributed by atoms with Gasteiger partial charge in [0.2, 0.25) is 0 Å². The Bertz CT molecular complexity index is 413. The zero-order valence-corrected chi connectivity index (χ0v) is 10.7. The molecular weight excluding hydrogens is 240 g/mol. The Kier molecular flexibility index (Phi) is 5.61. The van der Waals surface area contributed by atoms with Crippen LogP contribution in [0.25, 0.3) is 0 Å². The van der Waals surface area contributed by atoms with E-state index in [9.17, 15) is 13.5 Å². The van der Waals surface area contributed by atoms with Gasteiger partial charge in [0.25, 0.3) is 0 Å². The molecule has 1 aromatic rings. The average Bonchev–Trinajstić information content (AvgIpc) is 2.26. The van der Waals surface area contributed by atoms with Gasteiger partial charge in [0.05, 0.1) is 24.2 Å². The third kappa shape index (κ3) is 5.81. The van der Waals surface area contributed by atoms with E-state index in [4.69, 9.17) is 4.74 Å². The minimum atomic E-state index is -3.29. The number of hydrogen-bond donors (Lipinski definition) is 1. The Morgan fingerprint density at radius 3 is 2.53 bits per heavy atom. The van der Waals surface area contributed by atoms with Crippen LogP contribution >= 0.6 is 0 Å². The van der Waals surface area contributed by atoms with Crippen LogP contribution in [-0.2, 0) is 20.3 Å². The van der Waals surface area contributed by atoms with Gasteiger partial charge in [-0.2, -0.15) is 0 Å². The van der Waals surface area contributed by atoms with Crippen LogP contribution in [0.2, 0.25) is 0 Å². The molecule has 1 N–H and O–H groups in total. The minimum Gasteiger partial charge on any atom is -0.390 e. The summed E-state index contributed by atoms with van der Waals surface area (Å²) in [5.74, 6) is -0.307. The summed E-state index contributed by atoms with van der Waals surface area (Å²) in [6.45, 7) is 2.32. The van der Waals surface area contributed by atoms with Crippen molar-refractivity contribution in [1.29, 1.82) is 0 Å². The number of ether oxygens (including phenoxy) is 1. The number of aliphatic hydroxyl groups is 1. The van der Waals surface area contributed by atoms with Crippen molar-refractivity contribution < 1.29 is 18.3 Å². The van der Waals surface area contributed by atoms with Crippen molar-refractivity contribution in [3.8, 4) is 0 Å². The fourth-order valence-corrected chi connectivity index (χ4v) is 2.98. The quantitative estimate of drug-likeness (QED) is 0.792. The van der Waals surface area contributed by atoms with Crippen LogP contribution < -0.4 is 0 Å². The van der Waals surface area contributed by atoms with Gasteiger partial charge >= 0.3 is 0 Å². The molecule has 0 saturated heterocycles. The molecule has 0 spiro atoms. The second-order valence-corrected chi connectivity index (χ2v) is 5.96. The summed E-state index contributed by atoms with van der Waals surface area (Å²) in [6, 6.07) is 8.93. The molecule has 0 heterocycles. The van der Waals surface area contributed by atoms with Crippen LogP contribution in [0.1, 0.15) is 12.5 Å². The highest BCUT2D eigenvalue weighted by Crippen LogP contribution is 2.07. The lowest BCUT2D eigenvalue weighted by Crippen LogP contribution is -2.26. The highest BCUT2D eigenvalue weighted by Gasteiger charge is 2.17. The van der Waals surface area contributed by atoms with Gasteiger partial charge in [-0.1, -0.05) is 30.3 Å². The summed E-state index contributed by atoms with van der Waals surface area (Å²) in [5, 5.41) is 9.49. The molecule has 0 radical (unpaired) electrons. The number of benzene rings is 1. The summed E-state index contributed by atoms with van der Waals surface area (Å²) in [4.78, 5) is 0. The maximum absolute atomic E-state index is 11.8. The minimum absolute atomic E-state index is 0.0446. The van der Waals surface area contributed by atoms with Crippen molar-refractivity contribution in [2.24, 2.45) is 0 Å². The first kappa shape index (κ1) is 14.2. The van der Waals surface area contributed by atoms with Gasteiger partial charge in [-0.25, -0.2) is 8.42 Å². The monoisotopic (exact) mass is 258 g/mol.